The predicted octanol–water partition coefficient (Wildman–Crippen LogP) is 18.0. The van der Waals surface area contributed by atoms with Crippen LogP contribution in [-0.4, -0.2) is 0 Å². The van der Waals surface area contributed by atoms with Gasteiger partial charge in [0.05, 0.1) is 0 Å². The van der Waals surface area contributed by atoms with Crippen LogP contribution < -0.4 is 9.80 Å². The normalized spacial score (nSPS) is 13.9. The summed E-state index contributed by atoms with van der Waals surface area (Å²) in [5.74, 6) is 0. The van der Waals surface area contributed by atoms with E-state index in [2.05, 4.69) is 256 Å². The largest absolute Gasteiger partial charge is 0.455 e. The minimum atomic E-state index is -0.252. The molecule has 0 saturated carbocycles. The van der Waals surface area contributed by atoms with Crippen LogP contribution in [0.15, 0.2) is 223 Å². The Kier molecular flexibility index (Phi) is 8.60. The quantitative estimate of drug-likeness (QED) is 0.159. The van der Waals surface area contributed by atoms with E-state index in [4.69, 9.17) is 4.42 Å². The van der Waals surface area contributed by atoms with Crippen LogP contribution >= 0.6 is 0 Å². The van der Waals surface area contributed by atoms with Gasteiger partial charge in [-0.2, -0.15) is 0 Å². The lowest BCUT2D eigenvalue weighted by Gasteiger charge is -2.28. The smallest absolute Gasteiger partial charge is 0.143 e. The molecule has 0 atom stereocenters. The van der Waals surface area contributed by atoms with E-state index in [1.807, 2.05) is 0 Å². The van der Waals surface area contributed by atoms with Crippen molar-refractivity contribution in [3.63, 3.8) is 0 Å². The first-order valence-electron chi connectivity index (χ1n) is 23.4. The number of nitrogens with zero attached hydrogens (tertiary/aromatic N) is 2. The fraction of sp³-hybridized carbons (Fsp3) is 0.0938. The number of anilines is 6. The zero-order valence-corrected chi connectivity index (χ0v) is 38.1. The molecule has 3 nitrogen and oxygen atoms in total. The SMILES string of the molecule is CC1(C)c2ccccc2-c2ccc(N(c3ccccc3)c3ccc4oc5c(ccc6ccc7c(c65)-c5ccc(N(c6ccccc6)c6ccc(-c8ccccc8)cc6)cc5C7(C)C)c4c3)cc21. The van der Waals surface area contributed by atoms with Gasteiger partial charge in [-0.25, -0.2) is 0 Å². The highest BCUT2D eigenvalue weighted by molar-refractivity contribution is 6.21. The number of hydrogen-bond donors (Lipinski definition) is 0. The predicted molar refractivity (Wildman–Crippen MR) is 281 cm³/mol. The van der Waals surface area contributed by atoms with Crippen LogP contribution in [0.4, 0.5) is 34.1 Å². The summed E-state index contributed by atoms with van der Waals surface area (Å²) in [6.07, 6.45) is 0. The van der Waals surface area contributed by atoms with Gasteiger partial charge in [-0.1, -0.05) is 161 Å². The Morgan fingerprint density at radius 2 is 0.836 bits per heavy atom. The first-order chi connectivity index (χ1) is 32.7. The molecule has 2 aliphatic carbocycles. The molecule has 0 radical (unpaired) electrons. The molecule has 2 aliphatic rings. The number of benzene rings is 10. The summed E-state index contributed by atoms with van der Waals surface area (Å²) in [6, 6.07) is 79.8. The fourth-order valence-corrected chi connectivity index (χ4v) is 11.4. The highest BCUT2D eigenvalue weighted by atomic mass is 16.3. The van der Waals surface area contributed by atoms with E-state index in [1.165, 1.54) is 66.4 Å². The summed E-state index contributed by atoms with van der Waals surface area (Å²) < 4.78 is 7.04. The molecular weight excluding hydrogens is 813 g/mol. The Hall–Kier alpha value is -8.14. The second-order valence-corrected chi connectivity index (χ2v) is 19.3. The number of fused-ring (bicyclic) bond motifs is 12. The van der Waals surface area contributed by atoms with Crippen LogP contribution in [0.1, 0.15) is 49.9 Å². The molecule has 0 saturated heterocycles. The molecule has 67 heavy (non-hydrogen) atoms. The maximum absolute atomic E-state index is 7.04. The monoisotopic (exact) mass is 860 g/mol. The van der Waals surface area contributed by atoms with Crippen molar-refractivity contribution in [2.75, 3.05) is 9.80 Å². The van der Waals surface area contributed by atoms with Crippen molar-refractivity contribution in [1.82, 2.24) is 0 Å². The summed E-state index contributed by atoms with van der Waals surface area (Å²) in [5.41, 5.74) is 21.1. The highest BCUT2D eigenvalue weighted by Gasteiger charge is 2.39. The molecule has 3 heteroatoms. The second kappa shape index (κ2) is 14.7. The maximum Gasteiger partial charge on any atom is 0.143 e. The van der Waals surface area contributed by atoms with Crippen LogP contribution in [0, 0.1) is 0 Å². The van der Waals surface area contributed by atoms with Crippen LogP contribution in [0.5, 0.6) is 0 Å². The van der Waals surface area contributed by atoms with Gasteiger partial charge in [0.15, 0.2) is 0 Å². The lowest BCUT2D eigenvalue weighted by Crippen LogP contribution is -2.16. The average Bonchev–Trinajstić information content (AvgIpc) is 3.94. The Bertz CT molecular complexity index is 3730. The molecule has 0 N–H and O–H groups in total. The molecule has 1 heterocycles. The third kappa shape index (κ3) is 5.97. The van der Waals surface area contributed by atoms with Gasteiger partial charge in [0.25, 0.3) is 0 Å². The maximum atomic E-state index is 7.04. The minimum absolute atomic E-state index is 0.110. The molecule has 0 unspecified atom stereocenters. The van der Waals surface area contributed by atoms with Gasteiger partial charge >= 0.3 is 0 Å². The Morgan fingerprint density at radius 3 is 1.54 bits per heavy atom. The lowest BCUT2D eigenvalue weighted by molar-refractivity contribution is 0.660. The van der Waals surface area contributed by atoms with Crippen molar-refractivity contribution in [2.45, 2.75) is 38.5 Å². The molecule has 0 aliphatic heterocycles. The zero-order chi connectivity index (χ0) is 45.0. The van der Waals surface area contributed by atoms with E-state index in [0.717, 1.165) is 56.1 Å². The van der Waals surface area contributed by atoms with E-state index < -0.39 is 0 Å². The standard InChI is InChI=1S/C64H48N2O/c1-63(2)55-23-15-14-22-50(55)51-34-30-49(39-57(51)63)66(45-20-12-7-13-21-45)47-32-37-59-54(38-47)52-33-26-43-27-36-56-61(60(43)62(52)67-59)53-35-31-48(40-58(53)64(56,3)4)65(44-18-10-6-11-19-44)46-28-24-42(25-29-46)41-16-8-5-9-17-41/h5-40H,1-4H3. The fourth-order valence-electron chi connectivity index (χ4n) is 11.4. The summed E-state index contributed by atoms with van der Waals surface area (Å²) >= 11 is 0. The van der Waals surface area contributed by atoms with Crippen LogP contribution in [0.3, 0.4) is 0 Å². The van der Waals surface area contributed by atoms with Crippen LogP contribution in [0.25, 0.3) is 66.1 Å². The van der Waals surface area contributed by atoms with Gasteiger partial charge in [0.1, 0.15) is 11.2 Å². The van der Waals surface area contributed by atoms with E-state index in [1.54, 1.807) is 0 Å². The number of hydrogen-bond acceptors (Lipinski definition) is 3. The highest BCUT2D eigenvalue weighted by Crippen LogP contribution is 2.55. The summed E-state index contributed by atoms with van der Waals surface area (Å²) in [5, 5.41) is 4.57. The third-order valence-corrected chi connectivity index (χ3v) is 14.8. The molecule has 0 spiro atoms. The van der Waals surface area contributed by atoms with Gasteiger partial charge in [-0.05, 0) is 146 Å². The van der Waals surface area contributed by atoms with Crippen LogP contribution in [0.2, 0.25) is 0 Å². The van der Waals surface area contributed by atoms with Gasteiger partial charge in [0.2, 0.25) is 0 Å². The molecule has 0 bridgehead atoms. The van der Waals surface area contributed by atoms with Gasteiger partial charge in [0, 0.05) is 61.1 Å². The van der Waals surface area contributed by atoms with Crippen molar-refractivity contribution in [2.24, 2.45) is 0 Å². The second-order valence-electron chi connectivity index (χ2n) is 19.3. The Balaban J connectivity index is 0.941. The van der Waals surface area contributed by atoms with Crippen LogP contribution in [-0.2, 0) is 10.8 Å². The molecule has 10 aromatic carbocycles. The van der Waals surface area contributed by atoms with Crippen molar-refractivity contribution in [1.29, 1.82) is 0 Å². The molecule has 320 valence electrons. The molecule has 1 aromatic heterocycles. The summed E-state index contributed by atoms with van der Waals surface area (Å²) in [7, 11) is 0. The van der Waals surface area contributed by atoms with Gasteiger partial charge in [-0.3, -0.25) is 0 Å². The number of rotatable bonds is 7. The number of para-hydroxylation sites is 2. The van der Waals surface area contributed by atoms with E-state index >= 15 is 0 Å². The average molecular weight is 861 g/mol. The first-order valence-corrected chi connectivity index (χ1v) is 23.4. The minimum Gasteiger partial charge on any atom is -0.455 e. The van der Waals surface area contributed by atoms with E-state index in [-0.39, 0.29) is 10.8 Å². The van der Waals surface area contributed by atoms with E-state index in [9.17, 15) is 0 Å². The molecule has 0 amide bonds. The third-order valence-electron chi connectivity index (χ3n) is 14.8. The zero-order valence-electron chi connectivity index (χ0n) is 38.1. The summed E-state index contributed by atoms with van der Waals surface area (Å²) in [4.78, 5) is 4.77. The Labute approximate surface area is 391 Å². The van der Waals surface area contributed by atoms with Gasteiger partial charge < -0.3 is 14.2 Å². The van der Waals surface area contributed by atoms with Gasteiger partial charge in [-0.15, -0.1) is 0 Å². The summed E-state index contributed by atoms with van der Waals surface area (Å²) in [6.45, 7) is 9.44. The van der Waals surface area contributed by atoms with E-state index in [0.29, 0.717) is 0 Å². The lowest BCUT2D eigenvalue weighted by atomic mass is 9.82. The Morgan fingerprint density at radius 1 is 0.343 bits per heavy atom. The van der Waals surface area contributed by atoms with Crippen molar-refractivity contribution >= 4 is 66.8 Å². The first kappa shape index (κ1) is 39.2. The van der Waals surface area contributed by atoms with Crippen molar-refractivity contribution in [3.05, 3.63) is 241 Å². The molecule has 13 rings (SSSR count). The molecular formula is C64H48N2O. The molecule has 11 aromatic rings. The molecule has 0 fully saturated rings. The topological polar surface area (TPSA) is 19.6 Å². The van der Waals surface area contributed by atoms with Crippen molar-refractivity contribution < 1.29 is 4.42 Å². The number of furan rings is 1. The van der Waals surface area contributed by atoms with Crippen molar-refractivity contribution in [3.8, 4) is 33.4 Å².